The van der Waals surface area contributed by atoms with Gasteiger partial charge in [-0.15, -0.1) is 0 Å². The number of halogens is 1. The van der Waals surface area contributed by atoms with Crippen LogP contribution < -0.4 is 0 Å². The number of rotatable bonds is 3. The molecule has 5 heteroatoms. The lowest BCUT2D eigenvalue weighted by atomic mass is 9.94. The van der Waals surface area contributed by atoms with Crippen LogP contribution in [0, 0.1) is 17.1 Å². The minimum absolute atomic E-state index is 0.0151. The van der Waals surface area contributed by atoms with Crippen molar-refractivity contribution >= 4 is 11.8 Å². The highest BCUT2D eigenvalue weighted by Gasteiger charge is 2.15. The Balaban J connectivity index is 2.78. The Hall–Kier alpha value is -2.83. The molecule has 0 amide bonds. The van der Waals surface area contributed by atoms with Crippen LogP contribution in [0.1, 0.15) is 30.9 Å². The highest BCUT2D eigenvalue weighted by atomic mass is 19.1. The molecule has 2 rings (SSSR count). The van der Waals surface area contributed by atoms with Crippen molar-refractivity contribution in [3.05, 3.63) is 47.5 Å². The largest absolute Gasteiger partial charge is 0.263 e. The average molecular weight is 281 g/mol. The molecule has 0 aliphatic rings. The number of aliphatic imine (C=N–C) groups is 1. The quantitative estimate of drug-likeness (QED) is 0.634. The second-order valence-corrected chi connectivity index (χ2v) is 4.82. The highest BCUT2D eigenvalue weighted by molar-refractivity contribution is 5.80. The maximum absolute atomic E-state index is 13.9. The van der Waals surface area contributed by atoms with Crippen molar-refractivity contribution in [3.63, 3.8) is 0 Å². The molecule has 2 aromatic rings. The van der Waals surface area contributed by atoms with Crippen molar-refractivity contribution < 1.29 is 9.18 Å². The number of hydrogen-bond donors (Lipinski definition) is 0. The minimum Gasteiger partial charge on any atom is -0.263 e. The second-order valence-electron chi connectivity index (χ2n) is 4.82. The average Bonchev–Trinajstić information content (AvgIpc) is 2.48. The van der Waals surface area contributed by atoms with Crippen LogP contribution in [0.4, 0.5) is 10.1 Å². The SMILES string of the molecule is CC(C)c1cc(F)cc(-c2cncc(C#N)c2)c1N=C=O. The molecule has 0 saturated carbocycles. The molecule has 4 nitrogen and oxygen atoms in total. The molecule has 0 spiro atoms. The van der Waals surface area contributed by atoms with Crippen LogP contribution in [0.3, 0.4) is 0 Å². The zero-order valence-corrected chi connectivity index (χ0v) is 11.6. The molecule has 0 N–H and O–H groups in total. The lowest BCUT2D eigenvalue weighted by molar-refractivity contribution is 0.565. The normalized spacial score (nSPS) is 10.0. The Morgan fingerprint density at radius 3 is 2.67 bits per heavy atom. The van der Waals surface area contributed by atoms with E-state index in [1.54, 1.807) is 6.07 Å². The highest BCUT2D eigenvalue weighted by Crippen LogP contribution is 2.37. The molecule has 0 fully saturated rings. The first kappa shape index (κ1) is 14.6. The van der Waals surface area contributed by atoms with Crippen LogP contribution in [-0.4, -0.2) is 11.1 Å². The Bertz CT molecular complexity index is 772. The molecule has 0 radical (unpaired) electrons. The molecule has 0 bridgehead atoms. The van der Waals surface area contributed by atoms with E-state index in [4.69, 9.17) is 5.26 Å². The first-order valence-electron chi connectivity index (χ1n) is 6.33. The van der Waals surface area contributed by atoms with E-state index in [-0.39, 0.29) is 5.92 Å². The van der Waals surface area contributed by atoms with Gasteiger partial charge in [0.1, 0.15) is 11.9 Å². The topological polar surface area (TPSA) is 66.1 Å². The van der Waals surface area contributed by atoms with Gasteiger partial charge in [0.15, 0.2) is 0 Å². The number of benzene rings is 1. The van der Waals surface area contributed by atoms with Crippen molar-refractivity contribution in [1.82, 2.24) is 4.98 Å². The van der Waals surface area contributed by atoms with Gasteiger partial charge in [-0.05, 0) is 29.7 Å². The van der Waals surface area contributed by atoms with E-state index in [2.05, 4.69) is 9.98 Å². The standard InChI is InChI=1S/C16H12FN3O/c1-10(2)14-4-13(17)5-15(16(14)20-9-21)12-3-11(6-18)7-19-8-12/h3-5,7-8,10H,1-2H3. The Morgan fingerprint density at radius 1 is 1.29 bits per heavy atom. The van der Waals surface area contributed by atoms with Gasteiger partial charge in [0.25, 0.3) is 0 Å². The minimum atomic E-state index is -0.430. The zero-order chi connectivity index (χ0) is 15.4. The summed E-state index contributed by atoms with van der Waals surface area (Å²) in [4.78, 5) is 18.4. The summed E-state index contributed by atoms with van der Waals surface area (Å²) in [5.41, 5.74) is 2.27. The Labute approximate surface area is 121 Å². The van der Waals surface area contributed by atoms with Gasteiger partial charge in [0.05, 0.1) is 11.3 Å². The molecule has 0 unspecified atom stereocenters. The number of isocyanates is 1. The fourth-order valence-corrected chi connectivity index (χ4v) is 2.10. The van der Waals surface area contributed by atoms with Gasteiger partial charge in [-0.2, -0.15) is 10.3 Å². The first-order chi connectivity index (χ1) is 10.1. The molecule has 0 aliphatic heterocycles. The van der Waals surface area contributed by atoms with E-state index >= 15 is 0 Å². The van der Waals surface area contributed by atoms with Gasteiger partial charge < -0.3 is 0 Å². The van der Waals surface area contributed by atoms with Crippen LogP contribution in [0.5, 0.6) is 0 Å². The van der Waals surface area contributed by atoms with Gasteiger partial charge in [-0.3, -0.25) is 4.98 Å². The summed E-state index contributed by atoms with van der Waals surface area (Å²) >= 11 is 0. The predicted octanol–water partition coefficient (Wildman–Crippen LogP) is 3.85. The Morgan fingerprint density at radius 2 is 2.05 bits per heavy atom. The van der Waals surface area contributed by atoms with Gasteiger partial charge >= 0.3 is 0 Å². The van der Waals surface area contributed by atoms with E-state index in [1.165, 1.54) is 30.6 Å². The molecule has 0 saturated heterocycles. The summed E-state index contributed by atoms with van der Waals surface area (Å²) in [6.45, 7) is 3.76. The molecule has 0 aliphatic carbocycles. The van der Waals surface area contributed by atoms with Crippen molar-refractivity contribution in [3.8, 4) is 17.2 Å². The van der Waals surface area contributed by atoms with Crippen LogP contribution in [0.15, 0.2) is 35.6 Å². The molecule has 1 aromatic carbocycles. The third kappa shape index (κ3) is 3.02. The number of pyridine rings is 1. The van der Waals surface area contributed by atoms with Crippen LogP contribution >= 0.6 is 0 Å². The second kappa shape index (κ2) is 6.08. The summed E-state index contributed by atoms with van der Waals surface area (Å²) in [6.07, 6.45) is 4.42. The molecular formula is C16H12FN3O. The summed E-state index contributed by atoms with van der Waals surface area (Å²) in [5.74, 6) is -0.445. The lowest BCUT2D eigenvalue weighted by Gasteiger charge is -2.13. The summed E-state index contributed by atoms with van der Waals surface area (Å²) in [6, 6.07) is 6.19. The van der Waals surface area contributed by atoms with Gasteiger partial charge in [-0.25, -0.2) is 9.18 Å². The number of nitrogens with zero attached hydrogens (tertiary/aromatic N) is 3. The van der Waals surface area contributed by atoms with Gasteiger partial charge in [0, 0.05) is 23.5 Å². The van der Waals surface area contributed by atoms with Crippen molar-refractivity contribution in [2.24, 2.45) is 4.99 Å². The van der Waals surface area contributed by atoms with Crippen molar-refractivity contribution in [1.29, 1.82) is 5.26 Å². The van der Waals surface area contributed by atoms with E-state index in [0.29, 0.717) is 27.9 Å². The smallest absolute Gasteiger partial charge is 0.240 e. The van der Waals surface area contributed by atoms with E-state index < -0.39 is 5.82 Å². The number of nitriles is 1. The van der Waals surface area contributed by atoms with Crippen molar-refractivity contribution in [2.45, 2.75) is 19.8 Å². The van der Waals surface area contributed by atoms with E-state index in [1.807, 2.05) is 19.9 Å². The summed E-state index contributed by atoms with van der Waals surface area (Å²) < 4.78 is 13.9. The van der Waals surface area contributed by atoms with Crippen LogP contribution in [-0.2, 0) is 4.79 Å². The maximum Gasteiger partial charge on any atom is 0.240 e. The molecule has 1 heterocycles. The van der Waals surface area contributed by atoms with Crippen LogP contribution in [0.25, 0.3) is 11.1 Å². The monoisotopic (exact) mass is 281 g/mol. The Kier molecular flexibility index (Phi) is 4.22. The number of carbonyl (C=O) groups excluding carboxylic acids is 1. The predicted molar refractivity (Wildman–Crippen MR) is 76.2 cm³/mol. The van der Waals surface area contributed by atoms with Crippen molar-refractivity contribution in [2.75, 3.05) is 0 Å². The maximum atomic E-state index is 13.9. The molecule has 0 atom stereocenters. The summed E-state index contributed by atoms with van der Waals surface area (Å²) in [5, 5.41) is 8.93. The van der Waals surface area contributed by atoms with Gasteiger partial charge in [0.2, 0.25) is 6.08 Å². The molecular weight excluding hydrogens is 269 g/mol. The lowest BCUT2D eigenvalue weighted by Crippen LogP contribution is -1.94. The van der Waals surface area contributed by atoms with E-state index in [9.17, 15) is 9.18 Å². The third-order valence-corrected chi connectivity index (χ3v) is 3.06. The molecule has 21 heavy (non-hydrogen) atoms. The third-order valence-electron chi connectivity index (χ3n) is 3.06. The summed E-state index contributed by atoms with van der Waals surface area (Å²) in [7, 11) is 0. The zero-order valence-electron chi connectivity index (χ0n) is 11.6. The van der Waals surface area contributed by atoms with Crippen LogP contribution in [0.2, 0.25) is 0 Å². The molecule has 1 aromatic heterocycles. The first-order valence-corrected chi connectivity index (χ1v) is 6.33. The molecule has 104 valence electrons. The number of hydrogen-bond acceptors (Lipinski definition) is 4. The van der Waals surface area contributed by atoms with E-state index in [0.717, 1.165) is 0 Å². The van der Waals surface area contributed by atoms with Gasteiger partial charge in [-0.1, -0.05) is 13.8 Å². The number of aromatic nitrogens is 1. The fraction of sp³-hybridized carbons (Fsp3) is 0.188. The fourth-order valence-electron chi connectivity index (χ4n) is 2.10.